The molecule has 0 bridgehead atoms. The van der Waals surface area contributed by atoms with E-state index < -0.39 is 30.4 Å². The molecule has 12 nitrogen and oxygen atoms in total. The van der Waals surface area contributed by atoms with Crippen LogP contribution in [-0.4, -0.2) is 76.6 Å². The maximum absolute atomic E-state index is 13.1. The van der Waals surface area contributed by atoms with Crippen molar-refractivity contribution in [3.8, 4) is 11.3 Å². The summed E-state index contributed by atoms with van der Waals surface area (Å²) in [6.07, 6.45) is -0.435. The Balaban J connectivity index is 1.15. The van der Waals surface area contributed by atoms with Crippen LogP contribution < -0.4 is 10.7 Å². The van der Waals surface area contributed by atoms with Gasteiger partial charge in [-0.15, -0.1) is 11.3 Å². The normalized spacial score (nSPS) is 19.9. The molecule has 0 saturated carbocycles. The number of amides is 2. The van der Waals surface area contributed by atoms with Gasteiger partial charge in [-0.1, -0.05) is 60.7 Å². The number of fused-ring (bicyclic) bond motifs is 1. The first kappa shape index (κ1) is 32.5. The van der Waals surface area contributed by atoms with Crippen molar-refractivity contribution in [2.75, 3.05) is 19.8 Å². The molecular formula is C34H37N5O7S. The summed E-state index contributed by atoms with van der Waals surface area (Å²) in [7, 11) is 0. The summed E-state index contributed by atoms with van der Waals surface area (Å²) in [5.74, 6) is -0.0164. The lowest BCUT2D eigenvalue weighted by atomic mass is 10.0. The van der Waals surface area contributed by atoms with Crippen LogP contribution in [0.5, 0.6) is 0 Å². The van der Waals surface area contributed by atoms with Crippen molar-refractivity contribution >= 4 is 23.5 Å². The number of aromatic nitrogens is 2. The number of ether oxygens (including phenoxy) is 4. The number of nitrogens with zero attached hydrogens (tertiary/aromatic N) is 3. The average Bonchev–Trinajstić information content (AvgIpc) is 3.86. The lowest BCUT2D eigenvalue weighted by molar-refractivity contribution is -0.0907. The molecule has 0 radical (unpaired) electrons. The molecule has 2 amide bonds. The van der Waals surface area contributed by atoms with Crippen LogP contribution in [0.3, 0.4) is 0 Å². The van der Waals surface area contributed by atoms with Crippen molar-refractivity contribution in [3.63, 3.8) is 0 Å². The van der Waals surface area contributed by atoms with Crippen LogP contribution in [0.4, 0.5) is 9.59 Å². The fourth-order valence-electron chi connectivity index (χ4n) is 5.67. The zero-order chi connectivity index (χ0) is 32.4. The lowest BCUT2D eigenvalue weighted by Crippen LogP contribution is -2.53. The Morgan fingerprint density at radius 2 is 1.83 bits per heavy atom. The molecule has 0 spiro atoms. The van der Waals surface area contributed by atoms with Gasteiger partial charge in [-0.25, -0.2) is 19.6 Å². The van der Waals surface area contributed by atoms with E-state index in [0.717, 1.165) is 28.8 Å². The van der Waals surface area contributed by atoms with Gasteiger partial charge in [0.15, 0.2) is 6.29 Å². The van der Waals surface area contributed by atoms with Crippen LogP contribution >= 0.6 is 11.3 Å². The number of rotatable bonds is 13. The number of aliphatic hydroxyl groups is 1. The molecule has 2 aromatic carbocycles. The van der Waals surface area contributed by atoms with E-state index in [0.29, 0.717) is 18.7 Å². The molecule has 2 saturated heterocycles. The third kappa shape index (κ3) is 9.11. The van der Waals surface area contributed by atoms with Crippen LogP contribution in [-0.2, 0) is 38.5 Å². The highest BCUT2D eigenvalue weighted by Crippen LogP contribution is 2.33. The monoisotopic (exact) mass is 659 g/mol. The first-order valence-electron chi connectivity index (χ1n) is 15.5. The lowest BCUT2D eigenvalue weighted by Gasteiger charge is -2.30. The summed E-state index contributed by atoms with van der Waals surface area (Å²) >= 11 is 1.41. The molecule has 13 heteroatoms. The van der Waals surface area contributed by atoms with E-state index in [-0.39, 0.29) is 38.5 Å². The van der Waals surface area contributed by atoms with Crippen LogP contribution in [0.25, 0.3) is 11.3 Å². The van der Waals surface area contributed by atoms with Gasteiger partial charge in [0.2, 0.25) is 0 Å². The maximum Gasteiger partial charge on any atom is 0.422 e. The van der Waals surface area contributed by atoms with E-state index in [9.17, 15) is 14.7 Å². The summed E-state index contributed by atoms with van der Waals surface area (Å²) in [5, 5.41) is 17.8. The SMILES string of the molecule is O=C(NN(Cc1ccc(-c2ccccn2)cc1)C[C@H](O)[C@H](Cc1ccccc1)NC(=O)O[C@H]1CO[C@H]2OCC[C@H]21)OCc1cscn1. The molecule has 2 aliphatic rings. The molecule has 4 aromatic rings. The van der Waals surface area contributed by atoms with Gasteiger partial charge < -0.3 is 29.4 Å². The number of thiazole rings is 1. The number of pyridine rings is 1. The predicted molar refractivity (Wildman–Crippen MR) is 173 cm³/mol. The first-order chi connectivity index (χ1) is 23.0. The standard InChI is InChI=1S/C34H37N5O7S/c40-30(29(16-23-6-2-1-3-7-23)37-33(41)46-31-20-44-32-27(31)13-15-43-32)18-39(38-34(42)45-19-26-21-47-22-36-26)17-24-9-11-25(12-10-24)28-8-4-5-14-35-28/h1-12,14,21-22,27,29-32,40H,13,15-20H2,(H,37,41)(H,38,42)/t27-,29-,30-,31-,32+/m0/s1. The van der Waals surface area contributed by atoms with Gasteiger partial charge in [-0.2, -0.15) is 0 Å². The van der Waals surface area contributed by atoms with E-state index >= 15 is 0 Å². The van der Waals surface area contributed by atoms with Gasteiger partial charge in [-0.3, -0.25) is 10.4 Å². The number of hydrogen-bond donors (Lipinski definition) is 3. The molecule has 0 aliphatic carbocycles. The van der Waals surface area contributed by atoms with E-state index in [1.807, 2.05) is 72.8 Å². The van der Waals surface area contributed by atoms with Crippen LogP contribution in [0.15, 0.2) is 89.9 Å². The second-order valence-electron chi connectivity index (χ2n) is 11.4. The average molecular weight is 660 g/mol. The topological polar surface area (TPSA) is 144 Å². The Hall–Kier alpha value is -4.40. The first-order valence-corrected chi connectivity index (χ1v) is 16.4. The van der Waals surface area contributed by atoms with Crippen molar-refractivity contribution in [1.29, 1.82) is 0 Å². The number of hydrazine groups is 1. The predicted octanol–water partition coefficient (Wildman–Crippen LogP) is 4.31. The number of carbonyl (C=O) groups excluding carboxylic acids is 2. The highest BCUT2D eigenvalue weighted by Gasteiger charge is 2.44. The van der Waals surface area contributed by atoms with Crippen LogP contribution in [0, 0.1) is 5.92 Å². The molecule has 0 unspecified atom stereocenters. The van der Waals surface area contributed by atoms with Crippen molar-refractivity contribution < 1.29 is 33.6 Å². The number of nitrogens with one attached hydrogen (secondary N) is 2. The fraction of sp³-hybridized carbons (Fsp3) is 0.353. The smallest absolute Gasteiger partial charge is 0.422 e. The van der Waals surface area contributed by atoms with Gasteiger partial charge in [0.05, 0.1) is 48.2 Å². The number of carbonyl (C=O) groups is 2. The van der Waals surface area contributed by atoms with Gasteiger partial charge in [0.25, 0.3) is 0 Å². The second-order valence-corrected chi connectivity index (χ2v) is 12.2. The third-order valence-corrected chi connectivity index (χ3v) is 8.72. The molecule has 2 aliphatic heterocycles. The van der Waals surface area contributed by atoms with E-state index in [4.69, 9.17) is 18.9 Å². The second kappa shape index (κ2) is 15.9. The Bertz CT molecular complexity index is 1560. The highest BCUT2D eigenvalue weighted by atomic mass is 32.1. The number of aliphatic hydroxyl groups excluding tert-OH is 1. The molecule has 3 N–H and O–H groups in total. The van der Waals surface area contributed by atoms with Crippen molar-refractivity contribution in [2.45, 2.75) is 50.5 Å². The summed E-state index contributed by atoms with van der Waals surface area (Å²) in [4.78, 5) is 34.6. The fourth-order valence-corrected chi connectivity index (χ4v) is 6.21. The molecule has 2 fully saturated rings. The summed E-state index contributed by atoms with van der Waals surface area (Å²) < 4.78 is 22.3. The molecule has 47 heavy (non-hydrogen) atoms. The van der Waals surface area contributed by atoms with Crippen LogP contribution in [0.2, 0.25) is 0 Å². The van der Waals surface area contributed by atoms with Gasteiger partial charge in [-0.05, 0) is 36.1 Å². The zero-order valence-corrected chi connectivity index (χ0v) is 26.5. The summed E-state index contributed by atoms with van der Waals surface area (Å²) in [5.41, 5.74) is 8.64. The highest BCUT2D eigenvalue weighted by molar-refractivity contribution is 7.07. The minimum atomic E-state index is -1.11. The van der Waals surface area contributed by atoms with Crippen molar-refractivity contribution in [2.24, 2.45) is 5.92 Å². The zero-order valence-electron chi connectivity index (χ0n) is 25.6. The Morgan fingerprint density at radius 3 is 2.60 bits per heavy atom. The summed E-state index contributed by atoms with van der Waals surface area (Å²) in [6, 6.07) is 22.3. The Kier molecular flexibility index (Phi) is 11.0. The van der Waals surface area contributed by atoms with Crippen LogP contribution in [0.1, 0.15) is 23.2 Å². The summed E-state index contributed by atoms with van der Waals surface area (Å²) in [6.45, 7) is 1.04. The Labute approximate surface area is 276 Å². The minimum Gasteiger partial charge on any atom is -0.443 e. The van der Waals surface area contributed by atoms with E-state index in [1.54, 1.807) is 22.1 Å². The molecule has 246 valence electrons. The maximum atomic E-state index is 13.1. The molecule has 5 atom stereocenters. The number of alkyl carbamates (subject to hydrolysis) is 1. The van der Waals surface area contributed by atoms with Crippen molar-refractivity contribution in [1.82, 2.24) is 25.7 Å². The number of benzene rings is 2. The van der Waals surface area contributed by atoms with Crippen molar-refractivity contribution in [3.05, 3.63) is 107 Å². The molecule has 4 heterocycles. The van der Waals surface area contributed by atoms with Gasteiger partial charge in [0, 0.05) is 30.2 Å². The number of hydrogen-bond acceptors (Lipinski definition) is 11. The Morgan fingerprint density at radius 1 is 1.00 bits per heavy atom. The largest absolute Gasteiger partial charge is 0.443 e. The van der Waals surface area contributed by atoms with E-state index in [2.05, 4.69) is 20.7 Å². The minimum absolute atomic E-state index is 0.00625. The quantitative estimate of drug-likeness (QED) is 0.178. The van der Waals surface area contributed by atoms with E-state index in [1.165, 1.54) is 11.3 Å². The molecule has 2 aromatic heterocycles. The molecule has 6 rings (SSSR count). The molecular weight excluding hydrogens is 622 g/mol. The van der Waals surface area contributed by atoms with Gasteiger partial charge >= 0.3 is 12.2 Å². The van der Waals surface area contributed by atoms with Gasteiger partial charge in [0.1, 0.15) is 12.7 Å². The third-order valence-electron chi connectivity index (χ3n) is 8.09.